The highest BCUT2D eigenvalue weighted by Gasteiger charge is 2.11. The molecule has 1 aromatic rings. The normalized spacial score (nSPS) is 16.5. The third-order valence-electron chi connectivity index (χ3n) is 3.11. The first-order valence-corrected chi connectivity index (χ1v) is 6.20. The van der Waals surface area contributed by atoms with Gasteiger partial charge in [0.15, 0.2) is 0 Å². The quantitative estimate of drug-likeness (QED) is 0.736. The van der Waals surface area contributed by atoms with Crippen LogP contribution in [0.3, 0.4) is 0 Å². The number of hydrogen-bond acceptors (Lipinski definition) is 1. The molecule has 1 aliphatic rings. The molecule has 1 heterocycles. The molecule has 2 nitrogen and oxygen atoms in total. The summed E-state index contributed by atoms with van der Waals surface area (Å²) >= 11 is 0. The molecule has 0 amide bonds. The van der Waals surface area contributed by atoms with Crippen molar-refractivity contribution in [3.05, 3.63) is 29.3 Å². The van der Waals surface area contributed by atoms with Crippen molar-refractivity contribution in [1.82, 2.24) is 0 Å². The molecular weight excluding hydrogens is 196 g/mol. The van der Waals surface area contributed by atoms with Crippen LogP contribution in [-0.4, -0.2) is 12.4 Å². The van der Waals surface area contributed by atoms with E-state index in [2.05, 4.69) is 42.4 Å². The lowest BCUT2D eigenvalue weighted by atomic mass is 10.1. The maximum absolute atomic E-state index is 3.52. The smallest absolute Gasteiger partial charge is 0.247 e. The lowest BCUT2D eigenvalue weighted by molar-refractivity contribution is -0.457. The molecule has 2 heteroatoms. The van der Waals surface area contributed by atoms with Crippen LogP contribution in [0, 0.1) is 13.8 Å². The van der Waals surface area contributed by atoms with Crippen LogP contribution in [0.25, 0.3) is 0 Å². The predicted molar refractivity (Wildman–Crippen MR) is 68.8 cm³/mol. The lowest BCUT2D eigenvalue weighted by Gasteiger charge is -2.05. The van der Waals surface area contributed by atoms with Crippen molar-refractivity contribution in [3.63, 3.8) is 0 Å². The van der Waals surface area contributed by atoms with Gasteiger partial charge in [0.25, 0.3) is 0 Å². The minimum absolute atomic E-state index is 1.10. The molecule has 0 unspecified atom stereocenters. The number of nitrogens with one attached hydrogen (secondary N) is 2. The maximum atomic E-state index is 3.52. The van der Waals surface area contributed by atoms with Crippen LogP contribution in [0.5, 0.6) is 0 Å². The van der Waals surface area contributed by atoms with E-state index in [9.17, 15) is 0 Å². The van der Waals surface area contributed by atoms with Crippen molar-refractivity contribution in [1.29, 1.82) is 0 Å². The number of aryl methyl sites for hydroxylation is 2. The average Bonchev–Trinajstić information content (AvgIpc) is 2.51. The second kappa shape index (κ2) is 5.15. The summed E-state index contributed by atoms with van der Waals surface area (Å²) in [6.07, 6.45) is 5.07. The third kappa shape index (κ3) is 2.84. The molecule has 1 aromatic carbocycles. The molecule has 0 aliphatic carbocycles. The zero-order valence-electron chi connectivity index (χ0n) is 10.3. The molecule has 0 saturated carbocycles. The highest BCUT2D eigenvalue weighted by molar-refractivity contribution is 5.91. The Balaban J connectivity index is 2.10. The van der Waals surface area contributed by atoms with Gasteiger partial charge in [0.1, 0.15) is 5.69 Å². The molecule has 0 fully saturated rings. The van der Waals surface area contributed by atoms with E-state index in [0.717, 1.165) is 13.0 Å². The van der Waals surface area contributed by atoms with Gasteiger partial charge < -0.3 is 0 Å². The van der Waals surface area contributed by atoms with E-state index in [4.69, 9.17) is 0 Å². The van der Waals surface area contributed by atoms with Gasteiger partial charge in [-0.2, -0.15) is 0 Å². The summed E-state index contributed by atoms with van der Waals surface area (Å²) in [6.45, 7) is 5.40. The van der Waals surface area contributed by atoms with Crippen LogP contribution >= 0.6 is 0 Å². The highest BCUT2D eigenvalue weighted by Crippen LogP contribution is 2.16. The van der Waals surface area contributed by atoms with E-state index in [1.807, 2.05) is 0 Å². The fourth-order valence-corrected chi connectivity index (χ4v) is 2.15. The predicted octanol–water partition coefficient (Wildman–Crippen LogP) is 1.77. The van der Waals surface area contributed by atoms with Crippen LogP contribution < -0.4 is 10.3 Å². The fraction of sp³-hybridized carbons (Fsp3) is 0.500. The Bertz CT molecular complexity index is 394. The number of amidine groups is 1. The molecule has 0 spiro atoms. The molecule has 1 aliphatic heterocycles. The van der Waals surface area contributed by atoms with Crippen LogP contribution in [-0.2, 0) is 0 Å². The van der Waals surface area contributed by atoms with Crippen LogP contribution in [0.15, 0.2) is 18.2 Å². The molecule has 0 bridgehead atoms. The van der Waals surface area contributed by atoms with Crippen molar-refractivity contribution >= 4 is 11.5 Å². The van der Waals surface area contributed by atoms with E-state index >= 15 is 0 Å². The van der Waals surface area contributed by atoms with Crippen molar-refractivity contribution in [2.45, 2.75) is 39.5 Å². The van der Waals surface area contributed by atoms with E-state index in [-0.39, 0.29) is 0 Å². The van der Waals surface area contributed by atoms with Gasteiger partial charge in [-0.3, -0.25) is 4.99 Å². The molecule has 0 aromatic heterocycles. The molecule has 86 valence electrons. The SMILES string of the molecule is Cc1ccc(NC2=[NH+]CCCCC2)c(C)c1. The van der Waals surface area contributed by atoms with Crippen molar-refractivity contribution in [2.75, 3.05) is 11.9 Å². The van der Waals surface area contributed by atoms with Crippen molar-refractivity contribution < 1.29 is 4.99 Å². The van der Waals surface area contributed by atoms with Gasteiger partial charge in [-0.25, -0.2) is 5.32 Å². The summed E-state index contributed by atoms with van der Waals surface area (Å²) in [4.78, 5) is 3.48. The van der Waals surface area contributed by atoms with E-state index in [0.29, 0.717) is 0 Å². The summed E-state index contributed by atoms with van der Waals surface area (Å²) in [7, 11) is 0. The minimum Gasteiger partial charge on any atom is -0.278 e. The van der Waals surface area contributed by atoms with Gasteiger partial charge in [-0.15, -0.1) is 0 Å². The first kappa shape index (κ1) is 11.2. The standard InChI is InChI=1S/C14H20N2/c1-11-7-8-13(12(2)10-11)16-14-6-4-3-5-9-15-14/h7-8,10H,3-6,9H2,1-2H3,(H,15,16)/p+1. The Labute approximate surface area is 97.8 Å². The zero-order chi connectivity index (χ0) is 11.4. The molecule has 0 atom stereocenters. The van der Waals surface area contributed by atoms with Gasteiger partial charge in [0.05, 0.1) is 6.54 Å². The Morgan fingerprint density at radius 3 is 2.81 bits per heavy atom. The number of hydrogen-bond donors (Lipinski definition) is 2. The third-order valence-corrected chi connectivity index (χ3v) is 3.11. The Hall–Kier alpha value is -1.31. The van der Waals surface area contributed by atoms with Crippen LogP contribution in [0.4, 0.5) is 5.69 Å². The van der Waals surface area contributed by atoms with Crippen molar-refractivity contribution in [2.24, 2.45) is 0 Å². The van der Waals surface area contributed by atoms with Crippen LogP contribution in [0.2, 0.25) is 0 Å². The molecule has 2 rings (SSSR count). The first-order valence-electron chi connectivity index (χ1n) is 6.20. The van der Waals surface area contributed by atoms with E-state index < -0.39 is 0 Å². The van der Waals surface area contributed by atoms with Gasteiger partial charge in [-0.1, -0.05) is 17.7 Å². The summed E-state index contributed by atoms with van der Waals surface area (Å²) < 4.78 is 0. The Morgan fingerprint density at radius 1 is 1.12 bits per heavy atom. The largest absolute Gasteiger partial charge is 0.278 e. The lowest BCUT2D eigenvalue weighted by Crippen LogP contribution is -2.74. The van der Waals surface area contributed by atoms with E-state index in [1.54, 1.807) is 0 Å². The number of benzene rings is 1. The molecular formula is C14H21N2+. The molecule has 0 saturated heterocycles. The van der Waals surface area contributed by atoms with E-state index in [1.165, 1.54) is 41.9 Å². The molecule has 0 radical (unpaired) electrons. The first-order chi connectivity index (χ1) is 7.75. The zero-order valence-corrected chi connectivity index (χ0v) is 10.3. The monoisotopic (exact) mass is 217 g/mol. The summed E-state index contributed by atoms with van der Waals surface area (Å²) in [5, 5.41) is 3.52. The summed E-state index contributed by atoms with van der Waals surface area (Å²) in [5.74, 6) is 1.28. The number of rotatable bonds is 1. The summed E-state index contributed by atoms with van der Waals surface area (Å²) in [5.41, 5.74) is 3.87. The van der Waals surface area contributed by atoms with Crippen LogP contribution in [0.1, 0.15) is 36.8 Å². The summed E-state index contributed by atoms with van der Waals surface area (Å²) in [6, 6.07) is 6.55. The second-order valence-electron chi connectivity index (χ2n) is 4.66. The van der Waals surface area contributed by atoms with Gasteiger partial charge >= 0.3 is 0 Å². The minimum atomic E-state index is 1.10. The fourth-order valence-electron chi connectivity index (χ4n) is 2.15. The van der Waals surface area contributed by atoms with Gasteiger partial charge in [0.2, 0.25) is 5.84 Å². The van der Waals surface area contributed by atoms with Crippen molar-refractivity contribution in [3.8, 4) is 0 Å². The molecule has 16 heavy (non-hydrogen) atoms. The molecule has 2 N–H and O–H groups in total. The topological polar surface area (TPSA) is 26.0 Å². The van der Waals surface area contributed by atoms with Gasteiger partial charge in [-0.05, 0) is 44.7 Å². The average molecular weight is 217 g/mol. The van der Waals surface area contributed by atoms with Gasteiger partial charge in [0, 0.05) is 6.42 Å². The second-order valence-corrected chi connectivity index (χ2v) is 4.66. The number of anilines is 1. The Morgan fingerprint density at radius 2 is 2.00 bits per heavy atom. The highest BCUT2D eigenvalue weighted by atomic mass is 15.0. The maximum Gasteiger partial charge on any atom is 0.247 e. The Kier molecular flexibility index (Phi) is 3.60.